The van der Waals surface area contributed by atoms with Crippen LogP contribution in [0.15, 0.2) is 51.7 Å². The Balaban J connectivity index is 2.03. The van der Waals surface area contributed by atoms with Gasteiger partial charge in [0.25, 0.3) is 0 Å². The number of benzene rings is 1. The molecule has 0 amide bonds. The smallest absolute Gasteiger partial charge is 0.382 e. The van der Waals surface area contributed by atoms with E-state index in [1.807, 2.05) is 6.92 Å². The molecule has 0 aliphatic rings. The number of hydrazone groups is 1. The van der Waals surface area contributed by atoms with Crippen molar-refractivity contribution >= 4 is 29.8 Å². The van der Waals surface area contributed by atoms with Crippen LogP contribution in [0.25, 0.3) is 11.1 Å². The second-order valence-electron chi connectivity index (χ2n) is 7.32. The molecule has 0 aliphatic carbocycles. The zero-order valence-electron chi connectivity index (χ0n) is 18.7. The fourth-order valence-corrected chi connectivity index (χ4v) is 3.35. The van der Waals surface area contributed by atoms with Crippen molar-refractivity contribution in [2.24, 2.45) is 26.7 Å². The monoisotopic (exact) mass is 505 g/mol. The Morgan fingerprint density at radius 1 is 1.17 bits per heavy atom. The van der Waals surface area contributed by atoms with E-state index in [-0.39, 0.29) is 28.5 Å². The summed E-state index contributed by atoms with van der Waals surface area (Å²) in [6.45, 7) is 1.82. The lowest BCUT2D eigenvalue weighted by Crippen LogP contribution is -2.18. The minimum Gasteiger partial charge on any atom is -0.382 e. The number of rotatable bonds is 8. The molecular formula is C22H20F5N9. The molecule has 14 heteroatoms. The molecule has 0 saturated heterocycles. The fraction of sp³-hybridized carbons (Fsp3) is 0.182. The van der Waals surface area contributed by atoms with Crippen LogP contribution in [0.5, 0.6) is 0 Å². The van der Waals surface area contributed by atoms with Crippen LogP contribution in [0.1, 0.15) is 36.5 Å². The van der Waals surface area contributed by atoms with Gasteiger partial charge < -0.3 is 16.6 Å². The average Bonchev–Trinajstić information content (AvgIpc) is 3.28. The molecule has 0 spiro atoms. The number of aliphatic imine (C=N–C) groups is 2. The Morgan fingerprint density at radius 2 is 1.86 bits per heavy atom. The zero-order valence-corrected chi connectivity index (χ0v) is 18.7. The first-order valence-corrected chi connectivity index (χ1v) is 10.3. The predicted octanol–water partition coefficient (Wildman–Crippen LogP) is 4.29. The van der Waals surface area contributed by atoms with Crippen LogP contribution in [-0.4, -0.2) is 39.1 Å². The summed E-state index contributed by atoms with van der Waals surface area (Å²) in [7, 11) is 0. The maximum atomic E-state index is 13.5. The molecule has 0 fully saturated rings. The first-order valence-electron chi connectivity index (χ1n) is 10.3. The van der Waals surface area contributed by atoms with Crippen molar-refractivity contribution in [3.63, 3.8) is 0 Å². The molecular weight excluding hydrogens is 485 g/mol. The van der Waals surface area contributed by atoms with Gasteiger partial charge in [0.05, 0.1) is 23.3 Å². The van der Waals surface area contributed by atoms with Crippen molar-refractivity contribution in [3.05, 3.63) is 65.5 Å². The molecule has 3 aromatic rings. The lowest BCUT2D eigenvalue weighted by Gasteiger charge is -2.12. The molecule has 9 nitrogen and oxygen atoms in total. The zero-order chi connectivity index (χ0) is 26.5. The topological polar surface area (TPSA) is 155 Å². The number of aromatic amines is 1. The van der Waals surface area contributed by atoms with E-state index in [0.717, 1.165) is 24.5 Å². The molecule has 6 N–H and O–H groups in total. The summed E-state index contributed by atoms with van der Waals surface area (Å²) in [5.41, 5.74) is 7.59. The van der Waals surface area contributed by atoms with Gasteiger partial charge in [-0.1, -0.05) is 6.92 Å². The van der Waals surface area contributed by atoms with Crippen LogP contribution in [0.4, 0.5) is 27.6 Å². The summed E-state index contributed by atoms with van der Waals surface area (Å²) in [5.74, 6) is 1.56. The first kappa shape index (κ1) is 26.1. The quantitative estimate of drug-likeness (QED) is 0.118. The van der Waals surface area contributed by atoms with E-state index in [4.69, 9.17) is 17.0 Å². The molecule has 0 radical (unpaired) electrons. The summed E-state index contributed by atoms with van der Waals surface area (Å²) < 4.78 is 65.3. The maximum Gasteiger partial charge on any atom is 0.451 e. The number of nitrogens with two attached hydrogens (primary N) is 2. The number of hydrogen-bond donors (Lipinski definition) is 4. The maximum absolute atomic E-state index is 13.5. The lowest BCUT2D eigenvalue weighted by molar-refractivity contribution is -0.144. The van der Waals surface area contributed by atoms with Crippen molar-refractivity contribution in [1.82, 2.24) is 15.0 Å². The minimum absolute atomic E-state index is 0.109. The van der Waals surface area contributed by atoms with Gasteiger partial charge in [-0.2, -0.15) is 18.3 Å². The summed E-state index contributed by atoms with van der Waals surface area (Å²) >= 11 is 0. The van der Waals surface area contributed by atoms with Gasteiger partial charge in [-0.05, 0) is 24.6 Å². The number of aromatic nitrogens is 3. The number of H-pyrrole nitrogens is 1. The predicted molar refractivity (Wildman–Crippen MR) is 125 cm³/mol. The van der Waals surface area contributed by atoms with E-state index in [9.17, 15) is 22.0 Å². The van der Waals surface area contributed by atoms with E-state index in [1.54, 1.807) is 6.07 Å². The second kappa shape index (κ2) is 10.8. The molecule has 2 heterocycles. The van der Waals surface area contributed by atoms with E-state index in [2.05, 4.69) is 30.0 Å². The summed E-state index contributed by atoms with van der Waals surface area (Å²) in [6.07, 6.45) is -0.290. The summed E-state index contributed by atoms with van der Waals surface area (Å²) in [5, 5.41) is 10.9. The van der Waals surface area contributed by atoms with Gasteiger partial charge in [0.15, 0.2) is 11.6 Å². The van der Waals surface area contributed by atoms with Gasteiger partial charge in [0.2, 0.25) is 5.82 Å². The first-order chi connectivity index (χ1) is 17.1. The third kappa shape index (κ3) is 5.76. The highest BCUT2D eigenvalue weighted by Crippen LogP contribution is 2.31. The molecule has 3 rings (SSSR count). The molecule has 36 heavy (non-hydrogen) atoms. The molecule has 1 aromatic carbocycles. The number of alkyl halides is 3. The van der Waals surface area contributed by atoms with E-state index in [0.29, 0.717) is 24.0 Å². The highest BCUT2D eigenvalue weighted by atomic mass is 19.4. The van der Waals surface area contributed by atoms with Crippen molar-refractivity contribution in [3.8, 4) is 11.1 Å². The normalized spacial score (nSPS) is 13.8. The highest BCUT2D eigenvalue weighted by molar-refractivity contribution is 6.33. The van der Waals surface area contributed by atoms with Gasteiger partial charge in [0.1, 0.15) is 12.2 Å². The van der Waals surface area contributed by atoms with Crippen LogP contribution >= 0.6 is 0 Å². The molecule has 0 bridgehead atoms. The van der Waals surface area contributed by atoms with Crippen molar-refractivity contribution in [2.75, 3.05) is 0 Å². The van der Waals surface area contributed by atoms with Gasteiger partial charge >= 0.3 is 6.18 Å². The molecule has 1 atom stereocenters. The molecule has 1 unspecified atom stereocenters. The van der Waals surface area contributed by atoms with E-state index < -0.39 is 29.6 Å². The Kier molecular flexibility index (Phi) is 7.86. The number of hydrogen-bond acceptors (Lipinski definition) is 6. The van der Waals surface area contributed by atoms with Gasteiger partial charge in [-0.15, -0.1) is 0 Å². The van der Waals surface area contributed by atoms with Gasteiger partial charge in [-0.25, -0.2) is 23.7 Å². The lowest BCUT2D eigenvalue weighted by atomic mass is 9.96. The van der Waals surface area contributed by atoms with Gasteiger partial charge in [0, 0.05) is 41.2 Å². The Bertz CT molecular complexity index is 1320. The standard InChI is InChI=1S/C22H20F5N9/c1-2-13(18(36-30)9-31-12-3-4-15(23)16(24)5-12)17-6-14(19(35-17)20(29)34-10-28)11-7-32-21(33-8-11)22(25,26)27/h3-10,13,35H,2,30H2,1H3,(H3,28,29,34). The largest absolute Gasteiger partial charge is 0.451 e. The fourth-order valence-electron chi connectivity index (χ4n) is 3.35. The molecule has 2 aromatic heterocycles. The van der Waals surface area contributed by atoms with Crippen LogP contribution in [0.2, 0.25) is 0 Å². The van der Waals surface area contributed by atoms with E-state index >= 15 is 0 Å². The van der Waals surface area contributed by atoms with Crippen molar-refractivity contribution in [2.45, 2.75) is 25.4 Å². The molecule has 0 saturated carbocycles. The van der Waals surface area contributed by atoms with Crippen LogP contribution in [0.3, 0.4) is 0 Å². The van der Waals surface area contributed by atoms with Gasteiger partial charge in [-0.3, -0.25) is 10.4 Å². The highest BCUT2D eigenvalue weighted by Gasteiger charge is 2.34. The minimum atomic E-state index is -4.71. The Labute approximate surface area is 201 Å². The van der Waals surface area contributed by atoms with Crippen LogP contribution in [-0.2, 0) is 6.18 Å². The third-order valence-corrected chi connectivity index (χ3v) is 5.05. The SMILES string of the molecule is CCC(C(C=Nc1ccc(F)c(F)c1)=NN)c1cc(-c2cnc(C(F)(F)F)nc2)c(C(N)=NC=N)[nH]1. The van der Waals surface area contributed by atoms with Crippen molar-refractivity contribution < 1.29 is 22.0 Å². The summed E-state index contributed by atoms with van der Waals surface area (Å²) in [6, 6.07) is 4.71. The third-order valence-electron chi connectivity index (χ3n) is 5.05. The number of nitrogens with zero attached hydrogens (tertiary/aromatic N) is 5. The van der Waals surface area contributed by atoms with Crippen molar-refractivity contribution in [1.29, 1.82) is 5.41 Å². The Morgan fingerprint density at radius 3 is 2.42 bits per heavy atom. The van der Waals surface area contributed by atoms with E-state index in [1.165, 1.54) is 12.3 Å². The Hall–Kier alpha value is -4.49. The van der Waals surface area contributed by atoms with Crippen LogP contribution in [0, 0.1) is 17.0 Å². The van der Waals surface area contributed by atoms with Crippen LogP contribution < -0.4 is 11.6 Å². The average molecular weight is 505 g/mol. The number of amidine groups is 1. The molecule has 0 aliphatic heterocycles. The number of nitrogens with one attached hydrogen (secondary N) is 2. The summed E-state index contributed by atoms with van der Waals surface area (Å²) in [4.78, 5) is 17.6. The molecule has 188 valence electrons. The second-order valence-corrected chi connectivity index (χ2v) is 7.32. The number of halogens is 5.